The molecule has 3 N–H and O–H groups in total. The van der Waals surface area contributed by atoms with Crippen molar-refractivity contribution in [1.29, 1.82) is 0 Å². The molecule has 2 aliphatic rings. The lowest BCUT2D eigenvalue weighted by Crippen LogP contribution is -2.48. The fourth-order valence-corrected chi connectivity index (χ4v) is 4.13. The molecule has 0 aromatic rings. The summed E-state index contributed by atoms with van der Waals surface area (Å²) in [6.45, 7) is 1.61. The Bertz CT molecular complexity index is 390. The van der Waals surface area contributed by atoms with E-state index in [9.17, 15) is 13.2 Å². The van der Waals surface area contributed by atoms with Crippen molar-refractivity contribution in [2.45, 2.75) is 37.8 Å². The van der Waals surface area contributed by atoms with Gasteiger partial charge < -0.3 is 16.0 Å². The van der Waals surface area contributed by atoms with Crippen molar-refractivity contribution in [2.75, 3.05) is 24.6 Å². The molecule has 2 rings (SSSR count). The van der Waals surface area contributed by atoms with Gasteiger partial charge in [0.2, 0.25) is 0 Å². The van der Waals surface area contributed by atoms with E-state index in [1.807, 2.05) is 0 Å². The number of amides is 2. The first-order valence-corrected chi connectivity index (χ1v) is 8.35. The predicted molar refractivity (Wildman–Crippen MR) is 69.2 cm³/mol. The van der Waals surface area contributed by atoms with Crippen LogP contribution in [0.4, 0.5) is 4.79 Å². The fraction of sp³-hybridized carbons (Fsp3) is 0.909. The van der Waals surface area contributed by atoms with Crippen LogP contribution in [0, 0.1) is 0 Å². The molecule has 0 aromatic heterocycles. The van der Waals surface area contributed by atoms with E-state index in [4.69, 9.17) is 0 Å². The van der Waals surface area contributed by atoms with Gasteiger partial charge in [0.1, 0.15) is 0 Å². The van der Waals surface area contributed by atoms with E-state index >= 15 is 0 Å². The van der Waals surface area contributed by atoms with E-state index in [2.05, 4.69) is 16.0 Å². The maximum Gasteiger partial charge on any atom is 0.315 e. The highest BCUT2D eigenvalue weighted by Gasteiger charge is 2.28. The minimum Gasteiger partial charge on any atom is -0.337 e. The summed E-state index contributed by atoms with van der Waals surface area (Å²) in [6, 6.07) is -0.143. The number of hydrogen-bond donors (Lipinski definition) is 3. The second kappa shape index (κ2) is 5.88. The van der Waals surface area contributed by atoms with Gasteiger partial charge >= 0.3 is 6.03 Å². The Balaban J connectivity index is 1.66. The van der Waals surface area contributed by atoms with E-state index in [-0.39, 0.29) is 23.6 Å². The standard InChI is InChI=1S/C11H21N3O3S/c15-11(13-7-9-3-1-2-5-12-9)14-10-4-6-18(16,17)8-10/h9-10,12H,1-8H2,(H2,13,14,15). The van der Waals surface area contributed by atoms with Crippen LogP contribution in [0.3, 0.4) is 0 Å². The Morgan fingerprint density at radius 3 is 2.72 bits per heavy atom. The maximum atomic E-state index is 11.6. The predicted octanol–water partition coefficient (Wildman–Crippen LogP) is -0.385. The molecule has 0 saturated carbocycles. The van der Waals surface area contributed by atoms with E-state index in [1.54, 1.807) is 0 Å². The summed E-state index contributed by atoms with van der Waals surface area (Å²) in [5.74, 6) is 0.254. The second-order valence-electron chi connectivity index (χ2n) is 5.10. The van der Waals surface area contributed by atoms with Crippen LogP contribution < -0.4 is 16.0 Å². The highest BCUT2D eigenvalue weighted by molar-refractivity contribution is 7.91. The summed E-state index contributed by atoms with van der Waals surface area (Å²) >= 11 is 0. The molecule has 2 fully saturated rings. The van der Waals surface area contributed by atoms with Gasteiger partial charge in [0, 0.05) is 18.6 Å². The molecule has 2 aliphatic heterocycles. The quantitative estimate of drug-likeness (QED) is 0.655. The van der Waals surface area contributed by atoms with E-state index in [1.165, 1.54) is 12.8 Å². The first-order valence-electron chi connectivity index (χ1n) is 6.53. The zero-order valence-electron chi connectivity index (χ0n) is 10.4. The maximum absolute atomic E-state index is 11.6. The van der Waals surface area contributed by atoms with Crippen LogP contribution >= 0.6 is 0 Å². The van der Waals surface area contributed by atoms with Crippen LogP contribution in [-0.4, -0.2) is 51.1 Å². The highest BCUT2D eigenvalue weighted by atomic mass is 32.2. The number of piperidine rings is 1. The van der Waals surface area contributed by atoms with Gasteiger partial charge in [0.15, 0.2) is 9.84 Å². The van der Waals surface area contributed by atoms with Crippen LogP contribution in [0.25, 0.3) is 0 Å². The third-order valence-corrected chi connectivity index (χ3v) is 5.26. The number of hydrogen-bond acceptors (Lipinski definition) is 4. The minimum atomic E-state index is -2.93. The number of rotatable bonds is 3. The van der Waals surface area contributed by atoms with Gasteiger partial charge in [-0.3, -0.25) is 0 Å². The number of carbonyl (C=O) groups is 1. The van der Waals surface area contributed by atoms with Gasteiger partial charge in [0.05, 0.1) is 11.5 Å². The van der Waals surface area contributed by atoms with Crippen molar-refractivity contribution in [2.24, 2.45) is 0 Å². The summed E-state index contributed by atoms with van der Waals surface area (Å²) in [4.78, 5) is 11.6. The van der Waals surface area contributed by atoms with E-state index in [0.29, 0.717) is 19.0 Å². The molecule has 0 bridgehead atoms. The molecule has 2 unspecified atom stereocenters. The van der Waals surface area contributed by atoms with Crippen molar-refractivity contribution >= 4 is 15.9 Å². The molecule has 2 amide bonds. The van der Waals surface area contributed by atoms with Crippen LogP contribution in [0.15, 0.2) is 0 Å². The van der Waals surface area contributed by atoms with Crippen molar-refractivity contribution in [3.05, 3.63) is 0 Å². The third-order valence-electron chi connectivity index (χ3n) is 3.49. The monoisotopic (exact) mass is 275 g/mol. The zero-order valence-corrected chi connectivity index (χ0v) is 11.3. The first kappa shape index (κ1) is 13.6. The fourth-order valence-electron chi connectivity index (χ4n) is 2.46. The Morgan fingerprint density at radius 1 is 1.28 bits per heavy atom. The molecule has 6 nitrogen and oxygen atoms in total. The van der Waals surface area contributed by atoms with Gasteiger partial charge in [-0.25, -0.2) is 13.2 Å². The van der Waals surface area contributed by atoms with E-state index < -0.39 is 9.84 Å². The largest absolute Gasteiger partial charge is 0.337 e. The molecule has 0 radical (unpaired) electrons. The van der Waals surface area contributed by atoms with Crippen molar-refractivity contribution in [3.63, 3.8) is 0 Å². The lowest BCUT2D eigenvalue weighted by Gasteiger charge is -2.24. The van der Waals surface area contributed by atoms with Crippen molar-refractivity contribution < 1.29 is 13.2 Å². The molecule has 0 spiro atoms. The molecule has 104 valence electrons. The summed E-state index contributed by atoms with van der Waals surface area (Å²) in [7, 11) is -2.93. The molecule has 2 atom stereocenters. The van der Waals surface area contributed by atoms with Crippen LogP contribution in [0.1, 0.15) is 25.7 Å². The number of carbonyl (C=O) groups excluding carboxylic acids is 1. The Labute approximate surface area is 108 Å². The molecule has 2 heterocycles. The lowest BCUT2D eigenvalue weighted by atomic mass is 10.1. The molecule has 18 heavy (non-hydrogen) atoms. The topological polar surface area (TPSA) is 87.3 Å². The molecular formula is C11H21N3O3S. The van der Waals surface area contributed by atoms with Gasteiger partial charge in [0.25, 0.3) is 0 Å². The van der Waals surface area contributed by atoms with Crippen LogP contribution in [0.2, 0.25) is 0 Å². The summed E-state index contributed by atoms with van der Waals surface area (Å²) in [5, 5.41) is 8.86. The summed E-state index contributed by atoms with van der Waals surface area (Å²) < 4.78 is 22.5. The first-order chi connectivity index (χ1) is 8.55. The number of sulfone groups is 1. The Kier molecular flexibility index (Phi) is 4.45. The van der Waals surface area contributed by atoms with Gasteiger partial charge in [-0.05, 0) is 25.8 Å². The normalized spacial score (nSPS) is 30.9. The van der Waals surface area contributed by atoms with Crippen LogP contribution in [0.5, 0.6) is 0 Å². The second-order valence-corrected chi connectivity index (χ2v) is 7.33. The average Bonchev–Trinajstić information content (AvgIpc) is 2.67. The lowest BCUT2D eigenvalue weighted by molar-refractivity contribution is 0.235. The molecule has 0 aliphatic carbocycles. The van der Waals surface area contributed by atoms with Crippen LogP contribution in [-0.2, 0) is 9.84 Å². The summed E-state index contributed by atoms with van der Waals surface area (Å²) in [6.07, 6.45) is 4.00. The highest BCUT2D eigenvalue weighted by Crippen LogP contribution is 2.11. The van der Waals surface area contributed by atoms with Gasteiger partial charge in [-0.15, -0.1) is 0 Å². The van der Waals surface area contributed by atoms with Gasteiger partial charge in [-0.2, -0.15) is 0 Å². The van der Waals surface area contributed by atoms with Crippen molar-refractivity contribution in [3.8, 4) is 0 Å². The Morgan fingerprint density at radius 2 is 2.11 bits per heavy atom. The molecule has 0 aromatic carbocycles. The zero-order chi connectivity index (χ0) is 13.0. The van der Waals surface area contributed by atoms with Gasteiger partial charge in [-0.1, -0.05) is 6.42 Å². The summed E-state index contributed by atoms with van der Waals surface area (Å²) in [5.41, 5.74) is 0. The smallest absolute Gasteiger partial charge is 0.315 e. The molecular weight excluding hydrogens is 254 g/mol. The SMILES string of the molecule is O=C(NCC1CCCCN1)NC1CCS(=O)(=O)C1. The van der Waals surface area contributed by atoms with E-state index in [0.717, 1.165) is 13.0 Å². The number of nitrogens with one attached hydrogen (secondary N) is 3. The molecule has 2 saturated heterocycles. The molecule has 7 heteroatoms. The average molecular weight is 275 g/mol. The number of urea groups is 1. The Hall–Kier alpha value is -0.820. The van der Waals surface area contributed by atoms with Crippen molar-refractivity contribution in [1.82, 2.24) is 16.0 Å². The minimum absolute atomic E-state index is 0.0715. The third kappa shape index (κ3) is 4.13.